The number of aliphatic hydroxyl groups excluding tert-OH is 1. The van der Waals surface area contributed by atoms with E-state index in [4.69, 9.17) is 0 Å². The van der Waals surface area contributed by atoms with E-state index in [1.165, 1.54) is 0 Å². The minimum Gasteiger partial charge on any atom is -0.393 e. The van der Waals surface area contributed by atoms with E-state index in [1.54, 1.807) is 0 Å². The highest BCUT2D eigenvalue weighted by Gasteiger charge is 2.20. The maximum absolute atomic E-state index is 9.84. The fourth-order valence-corrected chi connectivity index (χ4v) is 1.69. The van der Waals surface area contributed by atoms with Crippen molar-refractivity contribution < 1.29 is 5.11 Å². The Balaban J connectivity index is 3.83. The van der Waals surface area contributed by atoms with E-state index in [0.29, 0.717) is 17.8 Å². The van der Waals surface area contributed by atoms with Crippen LogP contribution in [0.2, 0.25) is 0 Å². The molecule has 0 amide bonds. The summed E-state index contributed by atoms with van der Waals surface area (Å²) in [4.78, 5) is 0. The molecule has 1 heteroatoms. The number of hydrogen-bond donors (Lipinski definition) is 1. The van der Waals surface area contributed by atoms with Crippen LogP contribution in [0.4, 0.5) is 0 Å². The molecule has 1 nitrogen and oxygen atoms in total. The SMILES string of the molecule is CCC(C)C(O)C(C)CC(C)C. The predicted octanol–water partition coefficient (Wildman–Crippen LogP) is 3.08. The van der Waals surface area contributed by atoms with Crippen LogP contribution in [0.15, 0.2) is 0 Å². The summed E-state index contributed by atoms with van der Waals surface area (Å²) in [7, 11) is 0. The summed E-state index contributed by atoms with van der Waals surface area (Å²) in [5.41, 5.74) is 0. The Labute approximate surface area is 77.2 Å². The first kappa shape index (κ1) is 12.0. The smallest absolute Gasteiger partial charge is 0.0591 e. The maximum Gasteiger partial charge on any atom is 0.0591 e. The van der Waals surface area contributed by atoms with Gasteiger partial charge < -0.3 is 5.11 Å². The van der Waals surface area contributed by atoms with Gasteiger partial charge in [0, 0.05) is 0 Å². The van der Waals surface area contributed by atoms with E-state index in [-0.39, 0.29) is 6.10 Å². The summed E-state index contributed by atoms with van der Waals surface area (Å²) in [6.07, 6.45) is 2.09. The van der Waals surface area contributed by atoms with Crippen molar-refractivity contribution in [3.8, 4) is 0 Å². The van der Waals surface area contributed by atoms with E-state index in [9.17, 15) is 5.11 Å². The van der Waals surface area contributed by atoms with Crippen molar-refractivity contribution >= 4 is 0 Å². The highest BCUT2D eigenvalue weighted by molar-refractivity contribution is 4.70. The van der Waals surface area contributed by atoms with Crippen LogP contribution >= 0.6 is 0 Å². The van der Waals surface area contributed by atoms with Crippen LogP contribution in [-0.4, -0.2) is 11.2 Å². The summed E-state index contributed by atoms with van der Waals surface area (Å²) in [6.45, 7) is 10.8. The molecule has 0 aliphatic heterocycles. The van der Waals surface area contributed by atoms with E-state index >= 15 is 0 Å². The first-order chi connectivity index (χ1) is 5.49. The molecular formula is C11H24O. The molecule has 0 radical (unpaired) electrons. The predicted molar refractivity (Wildman–Crippen MR) is 54.1 cm³/mol. The molecule has 1 N–H and O–H groups in total. The Morgan fingerprint density at radius 2 is 1.50 bits per heavy atom. The summed E-state index contributed by atoms with van der Waals surface area (Å²) in [5, 5.41) is 9.84. The molecule has 0 spiro atoms. The minimum atomic E-state index is -0.114. The average Bonchev–Trinajstić information content (AvgIpc) is 2.00. The lowest BCUT2D eigenvalue weighted by Gasteiger charge is -2.25. The second kappa shape index (κ2) is 5.58. The van der Waals surface area contributed by atoms with E-state index in [0.717, 1.165) is 12.8 Å². The van der Waals surface area contributed by atoms with Gasteiger partial charge in [-0.2, -0.15) is 0 Å². The van der Waals surface area contributed by atoms with Crippen molar-refractivity contribution in [2.24, 2.45) is 17.8 Å². The van der Waals surface area contributed by atoms with Crippen LogP contribution in [0.5, 0.6) is 0 Å². The minimum absolute atomic E-state index is 0.114. The number of rotatable bonds is 5. The molecule has 0 saturated carbocycles. The highest BCUT2D eigenvalue weighted by atomic mass is 16.3. The van der Waals surface area contributed by atoms with Gasteiger partial charge in [-0.05, 0) is 24.2 Å². The maximum atomic E-state index is 9.84. The van der Waals surface area contributed by atoms with Crippen LogP contribution in [0.1, 0.15) is 47.5 Å². The van der Waals surface area contributed by atoms with Crippen molar-refractivity contribution in [2.75, 3.05) is 0 Å². The normalized spacial score (nSPS) is 19.2. The zero-order valence-corrected chi connectivity index (χ0v) is 9.17. The third kappa shape index (κ3) is 4.10. The fourth-order valence-electron chi connectivity index (χ4n) is 1.69. The van der Waals surface area contributed by atoms with E-state index in [1.807, 2.05) is 0 Å². The van der Waals surface area contributed by atoms with E-state index < -0.39 is 0 Å². The van der Waals surface area contributed by atoms with Crippen molar-refractivity contribution in [1.82, 2.24) is 0 Å². The standard InChI is InChI=1S/C11H24O/c1-6-9(4)11(12)10(5)7-8(2)3/h8-12H,6-7H2,1-5H3. The zero-order valence-electron chi connectivity index (χ0n) is 9.17. The molecule has 0 aromatic heterocycles. The number of hydrogen-bond acceptors (Lipinski definition) is 1. The molecule has 0 aliphatic rings. The van der Waals surface area contributed by atoms with Gasteiger partial charge in [-0.15, -0.1) is 0 Å². The van der Waals surface area contributed by atoms with E-state index in [2.05, 4.69) is 34.6 Å². The molecule has 12 heavy (non-hydrogen) atoms. The third-order valence-electron chi connectivity index (χ3n) is 2.65. The van der Waals surface area contributed by atoms with Gasteiger partial charge in [0.1, 0.15) is 0 Å². The van der Waals surface area contributed by atoms with Gasteiger partial charge in [0.05, 0.1) is 6.10 Å². The second-order valence-electron chi connectivity index (χ2n) is 4.48. The van der Waals surface area contributed by atoms with Crippen LogP contribution < -0.4 is 0 Å². The largest absolute Gasteiger partial charge is 0.393 e. The lowest BCUT2D eigenvalue weighted by atomic mass is 9.86. The summed E-state index contributed by atoms with van der Waals surface area (Å²) in [6, 6.07) is 0. The Bertz CT molecular complexity index is 110. The van der Waals surface area contributed by atoms with Gasteiger partial charge in [-0.3, -0.25) is 0 Å². The van der Waals surface area contributed by atoms with Crippen LogP contribution in [0, 0.1) is 17.8 Å². The highest BCUT2D eigenvalue weighted by Crippen LogP contribution is 2.21. The Hall–Kier alpha value is -0.0400. The van der Waals surface area contributed by atoms with Gasteiger partial charge in [0.25, 0.3) is 0 Å². The van der Waals surface area contributed by atoms with Crippen LogP contribution in [0.25, 0.3) is 0 Å². The van der Waals surface area contributed by atoms with Gasteiger partial charge >= 0.3 is 0 Å². The average molecular weight is 172 g/mol. The van der Waals surface area contributed by atoms with Crippen LogP contribution in [0.3, 0.4) is 0 Å². The third-order valence-corrected chi connectivity index (χ3v) is 2.65. The molecule has 0 aliphatic carbocycles. The molecule has 0 heterocycles. The first-order valence-electron chi connectivity index (χ1n) is 5.17. The lowest BCUT2D eigenvalue weighted by Crippen LogP contribution is -2.26. The molecule has 0 rings (SSSR count). The molecule has 74 valence electrons. The molecule has 0 fully saturated rings. The van der Waals surface area contributed by atoms with Crippen LogP contribution in [-0.2, 0) is 0 Å². The van der Waals surface area contributed by atoms with Gasteiger partial charge in [-0.25, -0.2) is 0 Å². The molecular weight excluding hydrogens is 148 g/mol. The van der Waals surface area contributed by atoms with Crippen molar-refractivity contribution in [3.05, 3.63) is 0 Å². The molecule has 0 aromatic carbocycles. The molecule has 0 aromatic rings. The molecule has 0 saturated heterocycles. The summed E-state index contributed by atoms with van der Waals surface area (Å²) < 4.78 is 0. The van der Waals surface area contributed by atoms with Crippen molar-refractivity contribution in [2.45, 2.75) is 53.6 Å². The Morgan fingerprint density at radius 1 is 1.00 bits per heavy atom. The summed E-state index contributed by atoms with van der Waals surface area (Å²) >= 11 is 0. The topological polar surface area (TPSA) is 20.2 Å². The Morgan fingerprint density at radius 3 is 1.83 bits per heavy atom. The van der Waals surface area contributed by atoms with Gasteiger partial charge in [0.15, 0.2) is 0 Å². The fraction of sp³-hybridized carbons (Fsp3) is 1.00. The zero-order chi connectivity index (χ0) is 9.72. The molecule has 3 unspecified atom stereocenters. The van der Waals surface area contributed by atoms with Crippen molar-refractivity contribution in [1.29, 1.82) is 0 Å². The second-order valence-corrected chi connectivity index (χ2v) is 4.48. The number of aliphatic hydroxyl groups is 1. The monoisotopic (exact) mass is 172 g/mol. The lowest BCUT2D eigenvalue weighted by molar-refractivity contribution is 0.0542. The Kier molecular flexibility index (Phi) is 5.56. The summed E-state index contributed by atoms with van der Waals surface area (Å²) in [5.74, 6) is 1.58. The quantitative estimate of drug-likeness (QED) is 0.675. The first-order valence-corrected chi connectivity index (χ1v) is 5.17. The van der Waals surface area contributed by atoms with Gasteiger partial charge in [0.2, 0.25) is 0 Å². The molecule has 3 atom stereocenters. The van der Waals surface area contributed by atoms with Crippen molar-refractivity contribution in [3.63, 3.8) is 0 Å². The van der Waals surface area contributed by atoms with Gasteiger partial charge in [-0.1, -0.05) is 41.0 Å². The molecule has 0 bridgehead atoms.